The number of thioether (sulfide) groups is 1. The first kappa shape index (κ1) is 9.03. The molecule has 0 spiro atoms. The van der Waals surface area contributed by atoms with Crippen LogP contribution in [0.5, 0.6) is 0 Å². The number of benzene rings is 1. The number of nitrogens with one attached hydrogen (secondary N) is 1. The van der Waals surface area contributed by atoms with Crippen LogP contribution in [0.25, 0.3) is 0 Å². The van der Waals surface area contributed by atoms with E-state index in [4.69, 9.17) is 12.2 Å². The zero-order valence-electron chi connectivity index (χ0n) is 7.63. The van der Waals surface area contributed by atoms with Crippen LogP contribution in [0, 0.1) is 0 Å². The van der Waals surface area contributed by atoms with Crippen LogP contribution >= 0.6 is 24.0 Å². The Bertz CT molecular complexity index is 358. The fraction of sp³-hybridized carbons (Fsp3) is 0.300. The van der Waals surface area contributed by atoms with Gasteiger partial charge in [0.2, 0.25) is 0 Å². The maximum absolute atomic E-state index is 5.29. The molecule has 1 heterocycles. The summed E-state index contributed by atoms with van der Waals surface area (Å²) in [4.78, 5) is 2.15. The summed E-state index contributed by atoms with van der Waals surface area (Å²) < 4.78 is 0. The van der Waals surface area contributed by atoms with Crippen molar-refractivity contribution in [3.05, 3.63) is 29.8 Å². The third-order valence-corrected chi connectivity index (χ3v) is 3.42. The van der Waals surface area contributed by atoms with Crippen molar-refractivity contribution in [1.82, 2.24) is 5.32 Å². The highest BCUT2D eigenvalue weighted by Crippen LogP contribution is 2.36. The molecule has 0 bridgehead atoms. The molecule has 0 aliphatic carbocycles. The number of hydrogen-bond donors (Lipinski definition) is 1. The summed E-state index contributed by atoms with van der Waals surface area (Å²) in [5.74, 6) is 0. The molecule has 3 heteroatoms. The molecule has 68 valence electrons. The van der Waals surface area contributed by atoms with E-state index in [1.54, 1.807) is 0 Å². The molecular weight excluding hydrogens is 198 g/mol. The molecule has 0 fully saturated rings. The highest BCUT2D eigenvalue weighted by Gasteiger charge is 2.27. The maximum Gasteiger partial charge on any atom is 0.108 e. The normalized spacial score (nSPS) is 19.1. The molecule has 1 aliphatic rings. The summed E-state index contributed by atoms with van der Waals surface area (Å²) in [6, 6.07) is 8.25. The van der Waals surface area contributed by atoms with Gasteiger partial charge >= 0.3 is 0 Å². The molecular formula is C10H11NS2. The molecule has 1 nitrogen and oxygen atoms in total. The van der Waals surface area contributed by atoms with Gasteiger partial charge in [-0.1, -0.05) is 42.2 Å². The third kappa shape index (κ3) is 1.71. The minimum Gasteiger partial charge on any atom is -0.362 e. The van der Waals surface area contributed by atoms with Crippen molar-refractivity contribution in [3.63, 3.8) is 0 Å². The number of hydrogen-bond acceptors (Lipinski definition) is 2. The quantitative estimate of drug-likeness (QED) is 0.660. The van der Waals surface area contributed by atoms with E-state index in [-0.39, 0.29) is 4.87 Å². The fourth-order valence-electron chi connectivity index (χ4n) is 1.38. The molecule has 0 saturated carbocycles. The van der Waals surface area contributed by atoms with Gasteiger partial charge in [-0.3, -0.25) is 0 Å². The lowest BCUT2D eigenvalue weighted by Crippen LogP contribution is -2.43. The molecule has 13 heavy (non-hydrogen) atoms. The topological polar surface area (TPSA) is 12.0 Å². The average Bonchev–Trinajstić information content (AvgIpc) is 2.02. The van der Waals surface area contributed by atoms with Gasteiger partial charge in [-0.25, -0.2) is 0 Å². The molecule has 0 unspecified atom stereocenters. The zero-order chi connectivity index (χ0) is 9.47. The molecule has 1 N–H and O–H groups in total. The molecule has 1 aromatic rings. The van der Waals surface area contributed by atoms with Gasteiger partial charge in [-0.05, 0) is 19.9 Å². The smallest absolute Gasteiger partial charge is 0.108 e. The van der Waals surface area contributed by atoms with Gasteiger partial charge in [0.05, 0.1) is 4.87 Å². The Kier molecular flexibility index (Phi) is 2.08. The van der Waals surface area contributed by atoms with Crippen LogP contribution < -0.4 is 5.32 Å². The van der Waals surface area contributed by atoms with E-state index in [9.17, 15) is 0 Å². The first-order valence-corrected chi connectivity index (χ1v) is 5.41. The second kappa shape index (κ2) is 3.00. The Morgan fingerprint density at radius 3 is 2.77 bits per heavy atom. The molecule has 1 aliphatic heterocycles. The van der Waals surface area contributed by atoms with E-state index >= 15 is 0 Å². The maximum atomic E-state index is 5.29. The van der Waals surface area contributed by atoms with Gasteiger partial charge in [0, 0.05) is 10.5 Å². The first-order valence-electron chi connectivity index (χ1n) is 4.19. The minimum absolute atomic E-state index is 0.0193. The van der Waals surface area contributed by atoms with E-state index < -0.39 is 0 Å². The number of thiocarbonyl (C=S) groups is 1. The van der Waals surface area contributed by atoms with Crippen LogP contribution in [-0.2, 0) is 0 Å². The van der Waals surface area contributed by atoms with Crippen molar-refractivity contribution in [1.29, 1.82) is 0 Å². The third-order valence-electron chi connectivity index (χ3n) is 1.91. The predicted molar refractivity (Wildman–Crippen MR) is 61.2 cm³/mol. The Balaban J connectivity index is 2.49. The van der Waals surface area contributed by atoms with Crippen molar-refractivity contribution < 1.29 is 0 Å². The highest BCUT2D eigenvalue weighted by molar-refractivity contribution is 8.01. The summed E-state index contributed by atoms with van der Waals surface area (Å²) in [6.07, 6.45) is 0. The van der Waals surface area contributed by atoms with E-state index in [0.717, 1.165) is 10.6 Å². The van der Waals surface area contributed by atoms with Gasteiger partial charge in [-0.15, -0.1) is 0 Å². The second-order valence-corrected chi connectivity index (χ2v) is 5.64. The fourth-order valence-corrected chi connectivity index (χ4v) is 3.08. The van der Waals surface area contributed by atoms with E-state index in [1.807, 2.05) is 17.8 Å². The van der Waals surface area contributed by atoms with Crippen LogP contribution in [0.1, 0.15) is 19.4 Å². The van der Waals surface area contributed by atoms with Gasteiger partial charge in [0.1, 0.15) is 4.99 Å². The summed E-state index contributed by atoms with van der Waals surface area (Å²) >= 11 is 7.10. The molecule has 0 aromatic heterocycles. The van der Waals surface area contributed by atoms with Crippen molar-refractivity contribution in [2.75, 3.05) is 0 Å². The van der Waals surface area contributed by atoms with Crippen LogP contribution in [0.15, 0.2) is 29.2 Å². The van der Waals surface area contributed by atoms with E-state index in [1.165, 1.54) is 4.90 Å². The van der Waals surface area contributed by atoms with Crippen LogP contribution in [0.2, 0.25) is 0 Å². The molecule has 2 rings (SSSR count). The van der Waals surface area contributed by atoms with Gasteiger partial charge in [0.15, 0.2) is 0 Å². The number of fused-ring (bicyclic) bond motifs is 1. The lowest BCUT2D eigenvalue weighted by molar-refractivity contribution is 0.666. The molecule has 0 atom stereocenters. The van der Waals surface area contributed by atoms with Crippen molar-refractivity contribution in [2.45, 2.75) is 23.6 Å². The van der Waals surface area contributed by atoms with Gasteiger partial charge < -0.3 is 5.32 Å². The first-order chi connectivity index (χ1) is 6.08. The highest BCUT2D eigenvalue weighted by atomic mass is 32.2. The summed E-state index contributed by atoms with van der Waals surface area (Å²) in [7, 11) is 0. The van der Waals surface area contributed by atoms with E-state index in [0.29, 0.717) is 0 Å². The van der Waals surface area contributed by atoms with Crippen LogP contribution in [0.4, 0.5) is 0 Å². The SMILES string of the molecule is CC1(C)NC(=S)c2ccccc2S1. The Labute approximate surface area is 87.9 Å². The Morgan fingerprint density at radius 2 is 2.00 bits per heavy atom. The predicted octanol–water partition coefficient (Wildman–Crippen LogP) is 2.79. The molecule has 0 radical (unpaired) electrons. The van der Waals surface area contributed by atoms with Crippen molar-refractivity contribution in [3.8, 4) is 0 Å². The van der Waals surface area contributed by atoms with Crippen LogP contribution in [-0.4, -0.2) is 9.86 Å². The minimum atomic E-state index is 0.0193. The Hall–Kier alpha value is -0.540. The summed E-state index contributed by atoms with van der Waals surface area (Å²) in [5, 5.41) is 3.31. The average molecular weight is 209 g/mol. The van der Waals surface area contributed by atoms with Gasteiger partial charge in [-0.2, -0.15) is 0 Å². The largest absolute Gasteiger partial charge is 0.362 e. The van der Waals surface area contributed by atoms with Crippen LogP contribution in [0.3, 0.4) is 0 Å². The monoisotopic (exact) mass is 209 g/mol. The molecule has 0 amide bonds. The molecule has 1 aromatic carbocycles. The van der Waals surface area contributed by atoms with Crippen molar-refractivity contribution in [2.24, 2.45) is 0 Å². The standard InChI is InChI=1S/C10H11NS2/c1-10(2)11-9(12)7-5-3-4-6-8(7)13-10/h3-6H,1-2H3,(H,11,12). The van der Waals surface area contributed by atoms with Gasteiger partial charge in [0.25, 0.3) is 0 Å². The van der Waals surface area contributed by atoms with Crippen molar-refractivity contribution >= 4 is 29.0 Å². The zero-order valence-corrected chi connectivity index (χ0v) is 9.26. The number of rotatable bonds is 0. The second-order valence-electron chi connectivity index (χ2n) is 3.56. The lowest BCUT2D eigenvalue weighted by Gasteiger charge is -2.33. The Morgan fingerprint density at radius 1 is 1.31 bits per heavy atom. The van der Waals surface area contributed by atoms with E-state index in [2.05, 4.69) is 37.4 Å². The lowest BCUT2D eigenvalue weighted by atomic mass is 10.2. The summed E-state index contributed by atoms with van der Waals surface area (Å²) in [5.41, 5.74) is 1.15. The summed E-state index contributed by atoms with van der Waals surface area (Å²) in [6.45, 7) is 4.28. The molecule has 0 saturated heterocycles.